The van der Waals surface area contributed by atoms with Crippen molar-refractivity contribution in [1.29, 1.82) is 0 Å². The maximum absolute atomic E-state index is 13.4. The van der Waals surface area contributed by atoms with Crippen LogP contribution >= 0.6 is 0 Å². The van der Waals surface area contributed by atoms with Crippen LogP contribution in [0.2, 0.25) is 0 Å². The van der Waals surface area contributed by atoms with E-state index < -0.39 is 0 Å². The molecule has 3 rings (SSSR count). The highest BCUT2D eigenvalue weighted by atomic mass is 19.1. The summed E-state index contributed by atoms with van der Waals surface area (Å²) in [5.41, 5.74) is 1.54. The predicted octanol–water partition coefficient (Wildman–Crippen LogP) is 2.33. The molecular weight excluding hydrogens is 337 g/mol. The fraction of sp³-hybridized carbons (Fsp3) is 0.526. The molecular formula is C19H26FN3O3. The van der Waals surface area contributed by atoms with E-state index in [4.69, 9.17) is 9.15 Å². The summed E-state index contributed by atoms with van der Waals surface area (Å²) in [4.78, 5) is 4.24. The van der Waals surface area contributed by atoms with Crippen LogP contribution in [0, 0.1) is 18.2 Å². The zero-order chi connectivity index (χ0) is 18.6. The minimum Gasteiger partial charge on any atom is -0.459 e. The van der Waals surface area contributed by atoms with Crippen LogP contribution in [0.25, 0.3) is 11.0 Å². The van der Waals surface area contributed by atoms with Crippen molar-refractivity contribution in [3.8, 4) is 0 Å². The Hall–Kier alpha value is -2.12. The molecule has 0 amide bonds. The second-order valence-corrected chi connectivity index (χ2v) is 6.85. The zero-order valence-electron chi connectivity index (χ0n) is 15.3. The van der Waals surface area contributed by atoms with E-state index in [2.05, 4.69) is 15.6 Å². The van der Waals surface area contributed by atoms with Crippen LogP contribution in [-0.2, 0) is 11.3 Å². The maximum atomic E-state index is 13.4. The summed E-state index contributed by atoms with van der Waals surface area (Å²) in [6, 6.07) is 4.53. The van der Waals surface area contributed by atoms with E-state index >= 15 is 0 Å². The third-order valence-corrected chi connectivity index (χ3v) is 5.09. The van der Waals surface area contributed by atoms with Gasteiger partial charge in [0.05, 0.1) is 13.2 Å². The van der Waals surface area contributed by atoms with Crippen LogP contribution in [0.3, 0.4) is 0 Å². The quantitative estimate of drug-likeness (QED) is 0.542. The largest absolute Gasteiger partial charge is 0.459 e. The number of rotatable bonds is 6. The number of aliphatic hydroxyl groups is 1. The van der Waals surface area contributed by atoms with E-state index in [1.54, 1.807) is 13.1 Å². The van der Waals surface area contributed by atoms with Crippen molar-refractivity contribution >= 4 is 16.9 Å². The van der Waals surface area contributed by atoms with Gasteiger partial charge in [-0.25, -0.2) is 4.39 Å². The van der Waals surface area contributed by atoms with Crippen molar-refractivity contribution in [3.63, 3.8) is 0 Å². The molecule has 2 aromatic rings. The number of guanidine groups is 1. The third-order valence-electron chi connectivity index (χ3n) is 5.09. The van der Waals surface area contributed by atoms with Gasteiger partial charge in [-0.2, -0.15) is 0 Å². The zero-order valence-corrected chi connectivity index (χ0v) is 15.3. The Bertz CT molecular complexity index is 782. The molecule has 0 bridgehead atoms. The number of fused-ring (bicyclic) bond motifs is 1. The van der Waals surface area contributed by atoms with Gasteiger partial charge in [0.2, 0.25) is 0 Å². The molecule has 1 aromatic carbocycles. The molecule has 3 N–H and O–H groups in total. The SMILES string of the molecule is CN=C(NCc1oc2ccc(F)cc2c1C)NCC1(CCO)CCOC1. The van der Waals surface area contributed by atoms with E-state index in [1.165, 1.54) is 12.1 Å². The molecule has 6 nitrogen and oxygen atoms in total. The normalized spacial score (nSPS) is 20.7. The minimum absolute atomic E-state index is 0.0564. The molecule has 1 unspecified atom stereocenters. The lowest BCUT2D eigenvalue weighted by molar-refractivity contribution is 0.127. The molecule has 1 aliphatic rings. The number of hydrogen-bond acceptors (Lipinski definition) is 4. The Morgan fingerprint density at radius 2 is 2.23 bits per heavy atom. The average molecular weight is 363 g/mol. The second-order valence-electron chi connectivity index (χ2n) is 6.85. The smallest absolute Gasteiger partial charge is 0.191 e. The number of nitrogens with one attached hydrogen (secondary N) is 2. The molecule has 0 aliphatic carbocycles. The van der Waals surface area contributed by atoms with Crippen LogP contribution in [0.15, 0.2) is 27.6 Å². The van der Waals surface area contributed by atoms with E-state index in [1.807, 2.05) is 6.92 Å². The summed E-state index contributed by atoms with van der Waals surface area (Å²) >= 11 is 0. The first-order valence-corrected chi connectivity index (χ1v) is 8.87. The second kappa shape index (κ2) is 8.05. The van der Waals surface area contributed by atoms with Crippen molar-refractivity contribution in [2.24, 2.45) is 10.4 Å². The number of nitrogens with zero attached hydrogens (tertiary/aromatic N) is 1. The Kier molecular flexibility index (Phi) is 5.78. The van der Waals surface area contributed by atoms with Crippen LogP contribution in [0.1, 0.15) is 24.2 Å². The van der Waals surface area contributed by atoms with Gasteiger partial charge in [-0.3, -0.25) is 4.99 Å². The standard InChI is InChI=1S/C19H26FN3O3/c1-13-15-9-14(20)3-4-16(15)26-17(13)10-22-18(21-2)23-11-19(5-7-24)6-8-25-12-19/h3-4,9,24H,5-8,10-12H2,1-2H3,(H2,21,22,23). The fourth-order valence-electron chi connectivity index (χ4n) is 3.38. The summed E-state index contributed by atoms with van der Waals surface area (Å²) in [6.45, 7) is 4.56. The Labute approximate surface area is 152 Å². The topological polar surface area (TPSA) is 79.0 Å². The molecule has 26 heavy (non-hydrogen) atoms. The highest BCUT2D eigenvalue weighted by molar-refractivity contribution is 5.83. The van der Waals surface area contributed by atoms with Crippen molar-refractivity contribution in [2.45, 2.75) is 26.3 Å². The Morgan fingerprint density at radius 3 is 2.92 bits per heavy atom. The van der Waals surface area contributed by atoms with Gasteiger partial charge in [-0.15, -0.1) is 0 Å². The number of furan rings is 1. The van der Waals surface area contributed by atoms with Gasteiger partial charge >= 0.3 is 0 Å². The Balaban J connectivity index is 1.62. The highest BCUT2D eigenvalue weighted by Crippen LogP contribution is 2.31. The summed E-state index contributed by atoms with van der Waals surface area (Å²) < 4.78 is 24.8. The monoisotopic (exact) mass is 363 g/mol. The van der Waals surface area contributed by atoms with Crippen molar-refractivity contribution in [2.75, 3.05) is 33.4 Å². The van der Waals surface area contributed by atoms with E-state index in [9.17, 15) is 9.50 Å². The number of aliphatic hydroxyl groups excluding tert-OH is 1. The van der Waals surface area contributed by atoms with Crippen molar-refractivity contribution in [1.82, 2.24) is 10.6 Å². The molecule has 7 heteroatoms. The fourth-order valence-corrected chi connectivity index (χ4v) is 3.38. The molecule has 0 spiro atoms. The number of halogens is 1. The average Bonchev–Trinajstić information content (AvgIpc) is 3.21. The molecule has 1 saturated heterocycles. The summed E-state index contributed by atoms with van der Waals surface area (Å²) in [6.07, 6.45) is 1.62. The minimum atomic E-state index is -0.272. The summed E-state index contributed by atoms with van der Waals surface area (Å²) in [7, 11) is 1.71. The first-order chi connectivity index (χ1) is 12.6. The lowest BCUT2D eigenvalue weighted by Crippen LogP contribution is -2.44. The molecule has 1 atom stereocenters. The van der Waals surface area contributed by atoms with Crippen molar-refractivity contribution < 1.29 is 18.7 Å². The van der Waals surface area contributed by atoms with Gasteiger partial charge in [-0.1, -0.05) is 0 Å². The van der Waals surface area contributed by atoms with Crippen LogP contribution in [0.5, 0.6) is 0 Å². The Morgan fingerprint density at radius 1 is 1.38 bits per heavy atom. The third kappa shape index (κ3) is 3.99. The maximum Gasteiger partial charge on any atom is 0.191 e. The van der Waals surface area contributed by atoms with Crippen molar-refractivity contribution in [3.05, 3.63) is 35.3 Å². The van der Waals surface area contributed by atoms with Gasteiger partial charge in [0.25, 0.3) is 0 Å². The summed E-state index contributed by atoms with van der Waals surface area (Å²) in [5, 5.41) is 16.7. The van der Waals surface area contributed by atoms with Crippen LogP contribution in [-0.4, -0.2) is 44.5 Å². The van der Waals surface area contributed by atoms with E-state index in [0.29, 0.717) is 37.7 Å². The number of aliphatic imine (C=N–C) groups is 1. The molecule has 2 heterocycles. The van der Waals surface area contributed by atoms with Gasteiger partial charge in [0.1, 0.15) is 17.2 Å². The van der Waals surface area contributed by atoms with Gasteiger partial charge in [-0.05, 0) is 38.0 Å². The molecule has 0 radical (unpaired) electrons. The number of ether oxygens (including phenoxy) is 1. The molecule has 1 aliphatic heterocycles. The molecule has 1 aromatic heterocycles. The molecule has 0 saturated carbocycles. The lowest BCUT2D eigenvalue weighted by Gasteiger charge is -2.27. The number of hydrogen-bond donors (Lipinski definition) is 3. The van der Waals surface area contributed by atoms with E-state index in [-0.39, 0.29) is 17.8 Å². The number of aryl methyl sites for hydroxylation is 1. The van der Waals surface area contributed by atoms with Gasteiger partial charge in [0.15, 0.2) is 5.96 Å². The summed E-state index contributed by atoms with van der Waals surface area (Å²) in [5.74, 6) is 1.13. The van der Waals surface area contributed by atoms with Gasteiger partial charge in [0, 0.05) is 43.2 Å². The first kappa shape index (κ1) is 18.7. The lowest BCUT2D eigenvalue weighted by atomic mass is 9.84. The van der Waals surface area contributed by atoms with Crippen LogP contribution in [0.4, 0.5) is 4.39 Å². The molecule has 1 fully saturated rings. The van der Waals surface area contributed by atoms with Crippen LogP contribution < -0.4 is 10.6 Å². The van der Waals surface area contributed by atoms with Gasteiger partial charge < -0.3 is 24.9 Å². The first-order valence-electron chi connectivity index (χ1n) is 8.87. The molecule has 142 valence electrons. The van der Waals surface area contributed by atoms with E-state index in [0.717, 1.165) is 29.7 Å². The number of benzene rings is 1. The predicted molar refractivity (Wildman–Crippen MR) is 98.7 cm³/mol. The highest BCUT2D eigenvalue weighted by Gasteiger charge is 2.34.